The van der Waals surface area contributed by atoms with E-state index in [9.17, 15) is 9.59 Å². The van der Waals surface area contributed by atoms with E-state index in [0.29, 0.717) is 32.1 Å². The number of anilines is 1. The van der Waals surface area contributed by atoms with Crippen LogP contribution in [0.4, 0.5) is 5.69 Å². The van der Waals surface area contributed by atoms with Gasteiger partial charge in [-0.15, -0.1) is 0 Å². The summed E-state index contributed by atoms with van der Waals surface area (Å²) in [6.07, 6.45) is 4.53. The molecule has 0 aromatic heterocycles. The smallest absolute Gasteiger partial charge is 0.253 e. The Kier molecular flexibility index (Phi) is 6.87. The lowest BCUT2D eigenvalue weighted by Gasteiger charge is -2.40. The van der Waals surface area contributed by atoms with Crippen molar-refractivity contribution in [3.8, 4) is 5.75 Å². The predicted octanol–water partition coefficient (Wildman–Crippen LogP) is 3.65. The molecule has 2 amide bonds. The van der Waals surface area contributed by atoms with Gasteiger partial charge < -0.3 is 15.0 Å². The van der Waals surface area contributed by atoms with Gasteiger partial charge in [-0.3, -0.25) is 14.5 Å². The molecule has 1 N–H and O–H groups in total. The molecule has 0 bridgehead atoms. The third-order valence-electron chi connectivity index (χ3n) is 6.47. The Morgan fingerprint density at radius 3 is 2.35 bits per heavy atom. The van der Waals surface area contributed by atoms with Crippen LogP contribution in [0.5, 0.6) is 5.75 Å². The fraction of sp³-hybridized carbons (Fsp3) is 0.440. The van der Waals surface area contributed by atoms with Gasteiger partial charge in [-0.25, -0.2) is 0 Å². The molecule has 1 heterocycles. The molecule has 1 unspecified atom stereocenters. The fourth-order valence-electron chi connectivity index (χ4n) is 4.83. The first kappa shape index (κ1) is 21.4. The number of nitrogens with zero attached hydrogens (tertiary/aromatic N) is 2. The van der Waals surface area contributed by atoms with Crippen molar-refractivity contribution in [2.75, 3.05) is 38.6 Å². The topological polar surface area (TPSA) is 61.9 Å². The summed E-state index contributed by atoms with van der Waals surface area (Å²) in [4.78, 5) is 30.3. The average Bonchev–Trinajstić information content (AvgIpc) is 3.34. The van der Waals surface area contributed by atoms with Crippen LogP contribution in [0.15, 0.2) is 54.6 Å². The Morgan fingerprint density at radius 1 is 0.968 bits per heavy atom. The Morgan fingerprint density at radius 2 is 1.68 bits per heavy atom. The van der Waals surface area contributed by atoms with E-state index in [1.807, 2.05) is 59.5 Å². The van der Waals surface area contributed by atoms with Crippen molar-refractivity contribution in [1.82, 2.24) is 9.80 Å². The monoisotopic (exact) mass is 421 g/mol. The number of carbonyl (C=O) groups is 2. The van der Waals surface area contributed by atoms with Crippen LogP contribution in [0.25, 0.3) is 0 Å². The average molecular weight is 422 g/mol. The van der Waals surface area contributed by atoms with Crippen LogP contribution in [0.3, 0.4) is 0 Å². The minimum Gasteiger partial charge on any atom is -0.497 e. The Balaban J connectivity index is 1.43. The number of carbonyl (C=O) groups excluding carboxylic acids is 2. The van der Waals surface area contributed by atoms with E-state index in [2.05, 4.69) is 10.2 Å². The molecule has 0 radical (unpaired) electrons. The number of hydrogen-bond donors (Lipinski definition) is 1. The predicted molar refractivity (Wildman–Crippen MR) is 121 cm³/mol. The standard InChI is InChI=1S/C25H31N3O3/c1-31-22-13-7-12-21(18-22)26-24(29)23(19-8-5-6-9-19)27-14-16-28(17-15-27)25(30)20-10-3-2-4-11-20/h2-4,7,10-13,18-19,23H,5-6,8-9,14-17H2,1H3,(H,26,29). The van der Waals surface area contributed by atoms with Crippen molar-refractivity contribution in [3.05, 3.63) is 60.2 Å². The molecule has 2 aromatic rings. The molecule has 1 saturated heterocycles. The van der Waals surface area contributed by atoms with E-state index in [1.165, 1.54) is 12.8 Å². The molecule has 6 nitrogen and oxygen atoms in total. The summed E-state index contributed by atoms with van der Waals surface area (Å²) in [5.41, 5.74) is 1.48. The number of piperazine rings is 1. The molecule has 1 aliphatic heterocycles. The molecule has 2 fully saturated rings. The summed E-state index contributed by atoms with van der Waals surface area (Å²) in [6, 6.07) is 16.7. The van der Waals surface area contributed by atoms with Gasteiger partial charge in [0, 0.05) is 43.5 Å². The number of hydrogen-bond acceptors (Lipinski definition) is 4. The third kappa shape index (κ3) is 5.07. The third-order valence-corrected chi connectivity index (χ3v) is 6.47. The van der Waals surface area contributed by atoms with Crippen molar-refractivity contribution in [3.63, 3.8) is 0 Å². The molecule has 1 saturated carbocycles. The number of methoxy groups -OCH3 is 1. The highest BCUT2D eigenvalue weighted by Gasteiger charge is 2.37. The fourth-order valence-corrected chi connectivity index (χ4v) is 4.83. The van der Waals surface area contributed by atoms with Crippen LogP contribution in [0.1, 0.15) is 36.0 Å². The van der Waals surface area contributed by atoms with Crippen LogP contribution >= 0.6 is 0 Å². The van der Waals surface area contributed by atoms with E-state index in [4.69, 9.17) is 4.74 Å². The molecule has 2 aromatic carbocycles. The van der Waals surface area contributed by atoms with E-state index in [-0.39, 0.29) is 17.9 Å². The van der Waals surface area contributed by atoms with E-state index < -0.39 is 0 Å². The van der Waals surface area contributed by atoms with Gasteiger partial charge in [-0.05, 0) is 43.0 Å². The van der Waals surface area contributed by atoms with Crippen LogP contribution in [0, 0.1) is 5.92 Å². The van der Waals surface area contributed by atoms with Crippen molar-refractivity contribution in [2.45, 2.75) is 31.7 Å². The zero-order valence-electron chi connectivity index (χ0n) is 18.1. The Hall–Kier alpha value is -2.86. The second-order valence-corrected chi connectivity index (χ2v) is 8.40. The number of amides is 2. The molecule has 31 heavy (non-hydrogen) atoms. The normalized spacial score (nSPS) is 18.5. The molecule has 1 aliphatic carbocycles. The first-order valence-electron chi connectivity index (χ1n) is 11.2. The second kappa shape index (κ2) is 9.96. The summed E-state index contributed by atoms with van der Waals surface area (Å²) >= 11 is 0. The molecule has 4 rings (SSSR count). The summed E-state index contributed by atoms with van der Waals surface area (Å²) < 4.78 is 5.28. The van der Waals surface area contributed by atoms with Crippen molar-refractivity contribution in [1.29, 1.82) is 0 Å². The van der Waals surface area contributed by atoms with Gasteiger partial charge in [-0.1, -0.05) is 37.1 Å². The van der Waals surface area contributed by atoms with Crippen LogP contribution in [-0.4, -0.2) is 60.9 Å². The maximum atomic E-state index is 13.4. The van der Waals surface area contributed by atoms with Gasteiger partial charge in [0.15, 0.2) is 0 Å². The SMILES string of the molecule is COc1cccc(NC(=O)C(C2CCCC2)N2CCN(C(=O)c3ccccc3)CC2)c1. The number of nitrogens with one attached hydrogen (secondary N) is 1. The first-order chi connectivity index (χ1) is 15.2. The molecule has 2 aliphatic rings. The highest BCUT2D eigenvalue weighted by molar-refractivity contribution is 5.96. The summed E-state index contributed by atoms with van der Waals surface area (Å²) in [5, 5.41) is 3.11. The summed E-state index contributed by atoms with van der Waals surface area (Å²) in [6.45, 7) is 2.71. The second-order valence-electron chi connectivity index (χ2n) is 8.40. The quantitative estimate of drug-likeness (QED) is 0.773. The zero-order chi connectivity index (χ0) is 21.6. The Bertz CT molecular complexity index is 888. The van der Waals surface area contributed by atoms with Gasteiger partial charge in [0.05, 0.1) is 13.2 Å². The maximum Gasteiger partial charge on any atom is 0.253 e. The molecular weight excluding hydrogens is 390 g/mol. The van der Waals surface area contributed by atoms with Crippen molar-refractivity contribution in [2.24, 2.45) is 5.92 Å². The number of rotatable bonds is 6. The molecule has 6 heteroatoms. The Labute approximate surface area is 184 Å². The molecule has 164 valence electrons. The summed E-state index contributed by atoms with van der Waals surface area (Å²) in [5.74, 6) is 1.20. The lowest BCUT2D eigenvalue weighted by molar-refractivity contribution is -0.123. The molecular formula is C25H31N3O3. The van der Waals surface area contributed by atoms with E-state index >= 15 is 0 Å². The van der Waals surface area contributed by atoms with Crippen molar-refractivity contribution < 1.29 is 14.3 Å². The number of benzene rings is 2. The van der Waals surface area contributed by atoms with Gasteiger partial charge in [0.1, 0.15) is 5.75 Å². The van der Waals surface area contributed by atoms with Gasteiger partial charge in [-0.2, -0.15) is 0 Å². The minimum absolute atomic E-state index is 0.0444. The molecule has 0 spiro atoms. The first-order valence-corrected chi connectivity index (χ1v) is 11.2. The minimum atomic E-state index is -0.164. The lowest BCUT2D eigenvalue weighted by Crippen LogP contribution is -2.56. The van der Waals surface area contributed by atoms with E-state index in [1.54, 1.807) is 7.11 Å². The largest absolute Gasteiger partial charge is 0.497 e. The summed E-state index contributed by atoms with van der Waals surface area (Å²) in [7, 11) is 1.62. The van der Waals surface area contributed by atoms with E-state index in [0.717, 1.165) is 29.8 Å². The zero-order valence-corrected chi connectivity index (χ0v) is 18.1. The highest BCUT2D eigenvalue weighted by Crippen LogP contribution is 2.32. The lowest BCUT2D eigenvalue weighted by atomic mass is 9.94. The van der Waals surface area contributed by atoms with Crippen molar-refractivity contribution >= 4 is 17.5 Å². The van der Waals surface area contributed by atoms with Crippen LogP contribution in [0.2, 0.25) is 0 Å². The highest BCUT2D eigenvalue weighted by atomic mass is 16.5. The maximum absolute atomic E-state index is 13.4. The van der Waals surface area contributed by atoms with Gasteiger partial charge >= 0.3 is 0 Å². The molecule has 1 atom stereocenters. The number of ether oxygens (including phenoxy) is 1. The van der Waals surface area contributed by atoms with Crippen LogP contribution in [-0.2, 0) is 4.79 Å². The van der Waals surface area contributed by atoms with Crippen LogP contribution < -0.4 is 10.1 Å². The van der Waals surface area contributed by atoms with Gasteiger partial charge in [0.25, 0.3) is 5.91 Å². The van der Waals surface area contributed by atoms with Gasteiger partial charge in [0.2, 0.25) is 5.91 Å².